The van der Waals surface area contributed by atoms with Crippen LogP contribution in [0.25, 0.3) is 0 Å². The maximum atomic E-state index is 11.1. The largest absolute Gasteiger partial charge is 0.453 e. The molecule has 1 aliphatic rings. The molecule has 0 radical (unpaired) electrons. The molecular weight excluding hydrogens is 172 g/mol. The Morgan fingerprint density at radius 3 is 2.85 bits per heavy atom. The van der Waals surface area contributed by atoms with Gasteiger partial charge in [-0.2, -0.15) is 0 Å². The predicted molar refractivity (Wildman–Crippen MR) is 47.2 cm³/mol. The number of likely N-dealkylation sites (tertiary alicyclic amines) is 1. The molecule has 0 bridgehead atoms. The summed E-state index contributed by atoms with van der Waals surface area (Å²) in [5.74, 6) is 0. The third-order valence-electron chi connectivity index (χ3n) is 2.64. The SMILES string of the molecule is COC(=O)N1CCC(CN)(CO)C1. The van der Waals surface area contributed by atoms with Gasteiger partial charge in [-0.25, -0.2) is 4.79 Å². The lowest BCUT2D eigenvalue weighted by atomic mass is 9.89. The first-order chi connectivity index (χ1) is 6.17. The zero-order valence-corrected chi connectivity index (χ0v) is 7.82. The highest BCUT2D eigenvalue weighted by atomic mass is 16.5. The lowest BCUT2D eigenvalue weighted by Gasteiger charge is -2.24. The Kier molecular flexibility index (Phi) is 3.11. The van der Waals surface area contributed by atoms with Crippen LogP contribution in [0.4, 0.5) is 4.79 Å². The molecule has 5 heteroatoms. The van der Waals surface area contributed by atoms with Gasteiger partial charge in [0.1, 0.15) is 0 Å². The summed E-state index contributed by atoms with van der Waals surface area (Å²) in [6.07, 6.45) is 0.401. The van der Waals surface area contributed by atoms with Crippen LogP contribution in [0.5, 0.6) is 0 Å². The van der Waals surface area contributed by atoms with Crippen molar-refractivity contribution >= 4 is 6.09 Å². The van der Waals surface area contributed by atoms with E-state index in [4.69, 9.17) is 10.8 Å². The van der Waals surface area contributed by atoms with Crippen LogP contribution in [0.3, 0.4) is 0 Å². The quantitative estimate of drug-likeness (QED) is 0.606. The first-order valence-electron chi connectivity index (χ1n) is 4.31. The van der Waals surface area contributed by atoms with Crippen LogP contribution in [0.1, 0.15) is 6.42 Å². The molecule has 0 aromatic heterocycles. The third kappa shape index (κ3) is 1.92. The molecule has 0 saturated carbocycles. The summed E-state index contributed by atoms with van der Waals surface area (Å²) in [4.78, 5) is 12.7. The summed E-state index contributed by atoms with van der Waals surface area (Å²) in [5.41, 5.74) is 5.23. The lowest BCUT2D eigenvalue weighted by molar-refractivity contribution is 0.112. The van der Waals surface area contributed by atoms with Crippen LogP contribution in [0.2, 0.25) is 0 Å². The van der Waals surface area contributed by atoms with Gasteiger partial charge in [-0.3, -0.25) is 0 Å². The summed E-state index contributed by atoms with van der Waals surface area (Å²) in [5, 5.41) is 9.13. The van der Waals surface area contributed by atoms with Crippen molar-refractivity contribution in [1.82, 2.24) is 4.90 Å². The van der Waals surface area contributed by atoms with Gasteiger partial charge < -0.3 is 20.5 Å². The van der Waals surface area contributed by atoms with Crippen LogP contribution >= 0.6 is 0 Å². The molecule has 3 N–H and O–H groups in total. The van der Waals surface area contributed by atoms with Gasteiger partial charge in [-0.05, 0) is 6.42 Å². The van der Waals surface area contributed by atoms with Gasteiger partial charge in [0.15, 0.2) is 0 Å². The number of rotatable bonds is 2. The fourth-order valence-corrected chi connectivity index (χ4v) is 1.58. The second-order valence-corrected chi connectivity index (χ2v) is 3.50. The normalized spacial score (nSPS) is 27.8. The summed E-state index contributed by atoms with van der Waals surface area (Å²) >= 11 is 0. The van der Waals surface area contributed by atoms with E-state index in [-0.39, 0.29) is 18.1 Å². The van der Waals surface area contributed by atoms with E-state index in [2.05, 4.69) is 4.74 Å². The highest BCUT2D eigenvalue weighted by Crippen LogP contribution is 2.28. The van der Waals surface area contributed by atoms with Gasteiger partial charge in [-0.1, -0.05) is 0 Å². The number of methoxy groups -OCH3 is 1. The molecular formula is C8H16N2O3. The average Bonchev–Trinajstić information content (AvgIpc) is 2.61. The Bertz CT molecular complexity index is 192. The lowest BCUT2D eigenvalue weighted by Crippen LogP contribution is -2.38. The van der Waals surface area contributed by atoms with E-state index in [9.17, 15) is 4.79 Å². The Balaban J connectivity index is 2.56. The van der Waals surface area contributed by atoms with E-state index in [1.54, 1.807) is 4.90 Å². The second kappa shape index (κ2) is 3.93. The number of hydrogen-bond acceptors (Lipinski definition) is 4. The molecule has 1 amide bonds. The van der Waals surface area contributed by atoms with E-state index >= 15 is 0 Å². The smallest absolute Gasteiger partial charge is 0.409 e. The number of carbonyl (C=O) groups excluding carboxylic acids is 1. The molecule has 1 rings (SSSR count). The zero-order chi connectivity index (χ0) is 9.90. The number of ether oxygens (including phenoxy) is 1. The summed E-state index contributed by atoms with van der Waals surface area (Å²) in [6, 6.07) is 0. The van der Waals surface area contributed by atoms with Crippen molar-refractivity contribution in [1.29, 1.82) is 0 Å². The third-order valence-corrected chi connectivity index (χ3v) is 2.64. The second-order valence-electron chi connectivity index (χ2n) is 3.50. The van der Waals surface area contributed by atoms with Crippen LogP contribution in [0, 0.1) is 5.41 Å². The van der Waals surface area contributed by atoms with Crippen molar-refractivity contribution in [2.45, 2.75) is 6.42 Å². The van der Waals surface area contributed by atoms with Crippen molar-refractivity contribution in [2.24, 2.45) is 11.1 Å². The van der Waals surface area contributed by atoms with Gasteiger partial charge in [0.2, 0.25) is 0 Å². The van der Waals surface area contributed by atoms with Gasteiger partial charge in [0.05, 0.1) is 13.7 Å². The summed E-state index contributed by atoms with van der Waals surface area (Å²) in [7, 11) is 1.35. The molecule has 1 saturated heterocycles. The number of nitrogens with two attached hydrogens (primary N) is 1. The number of nitrogens with zero attached hydrogens (tertiary/aromatic N) is 1. The van der Waals surface area contributed by atoms with Crippen molar-refractivity contribution in [3.8, 4) is 0 Å². The Labute approximate surface area is 77.5 Å². The Morgan fingerprint density at radius 1 is 1.77 bits per heavy atom. The van der Waals surface area contributed by atoms with Crippen molar-refractivity contribution < 1.29 is 14.6 Å². The molecule has 5 nitrogen and oxygen atoms in total. The molecule has 0 spiro atoms. The van der Waals surface area contributed by atoms with Gasteiger partial charge in [0, 0.05) is 25.0 Å². The molecule has 76 valence electrons. The Morgan fingerprint density at radius 2 is 2.46 bits per heavy atom. The molecule has 1 fully saturated rings. The van der Waals surface area contributed by atoms with Crippen LogP contribution in [-0.2, 0) is 4.74 Å². The minimum absolute atomic E-state index is 0.0248. The minimum atomic E-state index is -0.344. The fourth-order valence-electron chi connectivity index (χ4n) is 1.58. The zero-order valence-electron chi connectivity index (χ0n) is 7.82. The molecule has 1 atom stereocenters. The standard InChI is InChI=1S/C8H16N2O3/c1-13-7(12)10-3-2-8(4-9,5-10)6-11/h11H,2-6,9H2,1H3. The fraction of sp³-hybridized carbons (Fsp3) is 0.875. The van der Waals surface area contributed by atoms with Gasteiger partial charge >= 0.3 is 6.09 Å². The van der Waals surface area contributed by atoms with E-state index in [0.29, 0.717) is 19.6 Å². The maximum Gasteiger partial charge on any atom is 0.409 e. The number of hydrogen-bond donors (Lipinski definition) is 2. The predicted octanol–water partition coefficient (Wildman–Crippen LogP) is -0.604. The highest BCUT2D eigenvalue weighted by Gasteiger charge is 2.38. The molecule has 13 heavy (non-hydrogen) atoms. The first kappa shape index (κ1) is 10.3. The van der Waals surface area contributed by atoms with Crippen molar-refractivity contribution in [3.63, 3.8) is 0 Å². The average molecular weight is 188 g/mol. The van der Waals surface area contributed by atoms with E-state index in [0.717, 1.165) is 6.42 Å². The maximum absolute atomic E-state index is 11.1. The van der Waals surface area contributed by atoms with E-state index in [1.165, 1.54) is 7.11 Å². The first-order valence-corrected chi connectivity index (χ1v) is 4.31. The molecule has 1 aliphatic heterocycles. The van der Waals surface area contributed by atoms with Crippen LogP contribution in [-0.4, -0.2) is 49.5 Å². The monoisotopic (exact) mass is 188 g/mol. The van der Waals surface area contributed by atoms with E-state index < -0.39 is 0 Å². The summed E-state index contributed by atoms with van der Waals surface area (Å²) in [6.45, 7) is 1.53. The van der Waals surface area contributed by atoms with Gasteiger partial charge in [-0.15, -0.1) is 0 Å². The van der Waals surface area contributed by atoms with Gasteiger partial charge in [0.25, 0.3) is 0 Å². The molecule has 1 unspecified atom stereocenters. The molecule has 0 aliphatic carbocycles. The molecule has 0 aromatic carbocycles. The number of aliphatic hydroxyl groups excluding tert-OH is 1. The van der Waals surface area contributed by atoms with Crippen LogP contribution < -0.4 is 5.73 Å². The number of carbonyl (C=O) groups is 1. The summed E-state index contributed by atoms with van der Waals surface area (Å²) < 4.78 is 4.58. The van der Waals surface area contributed by atoms with Crippen molar-refractivity contribution in [3.05, 3.63) is 0 Å². The topological polar surface area (TPSA) is 75.8 Å². The number of amides is 1. The highest BCUT2D eigenvalue weighted by molar-refractivity contribution is 5.67. The molecule has 1 heterocycles. The minimum Gasteiger partial charge on any atom is -0.453 e. The number of aliphatic hydroxyl groups is 1. The Hall–Kier alpha value is -0.810. The van der Waals surface area contributed by atoms with Crippen molar-refractivity contribution in [2.75, 3.05) is 33.4 Å². The molecule has 0 aromatic rings. The van der Waals surface area contributed by atoms with Crippen LogP contribution in [0.15, 0.2) is 0 Å². The van der Waals surface area contributed by atoms with E-state index in [1.807, 2.05) is 0 Å².